The summed E-state index contributed by atoms with van der Waals surface area (Å²) in [6.45, 7) is 10.5. The van der Waals surface area contributed by atoms with Gasteiger partial charge in [-0.2, -0.15) is 5.10 Å². The Morgan fingerprint density at radius 2 is 2.07 bits per heavy atom. The molecule has 0 radical (unpaired) electrons. The maximum atomic E-state index is 12.6. The first-order valence-electron chi connectivity index (χ1n) is 10.6. The number of anilines is 2. The molecule has 162 valence electrons. The van der Waals surface area contributed by atoms with Crippen molar-refractivity contribution in [2.45, 2.75) is 53.5 Å². The molecule has 2 aromatic rings. The van der Waals surface area contributed by atoms with Crippen LogP contribution in [0.2, 0.25) is 0 Å². The normalized spacial score (nSPS) is 16.7. The summed E-state index contributed by atoms with van der Waals surface area (Å²) in [4.78, 5) is 30.6. The van der Waals surface area contributed by atoms with Gasteiger partial charge in [-0.1, -0.05) is 13.8 Å². The monoisotopic (exact) mass is 412 g/mol. The lowest BCUT2D eigenvalue weighted by Crippen LogP contribution is -2.41. The van der Waals surface area contributed by atoms with Gasteiger partial charge >= 0.3 is 0 Å². The van der Waals surface area contributed by atoms with E-state index in [9.17, 15) is 9.59 Å². The van der Waals surface area contributed by atoms with Crippen molar-refractivity contribution in [3.05, 3.63) is 35.3 Å². The molecule has 0 aromatic carbocycles. The van der Waals surface area contributed by atoms with Crippen LogP contribution in [0.25, 0.3) is 0 Å². The number of hydrogen-bond acceptors (Lipinski definition) is 5. The summed E-state index contributed by atoms with van der Waals surface area (Å²) in [5.41, 5.74) is 9.02. The summed E-state index contributed by atoms with van der Waals surface area (Å²) in [5, 5.41) is 7.50. The summed E-state index contributed by atoms with van der Waals surface area (Å²) in [6.07, 6.45) is 3.68. The highest BCUT2D eigenvalue weighted by atomic mass is 16.2. The van der Waals surface area contributed by atoms with Gasteiger partial charge in [0.25, 0.3) is 0 Å². The number of aryl methyl sites for hydroxylation is 1. The Morgan fingerprint density at radius 1 is 1.30 bits per heavy atom. The van der Waals surface area contributed by atoms with Gasteiger partial charge in [-0.3, -0.25) is 14.3 Å². The van der Waals surface area contributed by atoms with Crippen LogP contribution in [0, 0.1) is 25.7 Å². The molecule has 1 unspecified atom stereocenters. The van der Waals surface area contributed by atoms with Crippen LogP contribution < -0.4 is 16.0 Å². The lowest BCUT2D eigenvalue weighted by Gasteiger charge is -2.32. The Labute approximate surface area is 177 Å². The van der Waals surface area contributed by atoms with Crippen LogP contribution in [0.15, 0.2) is 18.3 Å². The first kappa shape index (κ1) is 21.8. The topological polar surface area (TPSA) is 106 Å². The molecule has 1 atom stereocenters. The molecule has 0 bridgehead atoms. The third kappa shape index (κ3) is 5.17. The number of carbonyl (C=O) groups is 2. The van der Waals surface area contributed by atoms with E-state index in [1.807, 2.05) is 30.7 Å². The molecule has 3 heterocycles. The van der Waals surface area contributed by atoms with Crippen molar-refractivity contribution < 1.29 is 9.59 Å². The second-order valence-electron chi connectivity index (χ2n) is 8.54. The first-order valence-corrected chi connectivity index (χ1v) is 10.6. The molecule has 1 aliphatic heterocycles. The SMILES string of the molecule is Cc1nn(CC(C)C)c(C)c1CC(=O)Nc1ccc(N2CCCC(C(N)=O)C2)nc1. The fourth-order valence-corrected chi connectivity index (χ4v) is 3.94. The van der Waals surface area contributed by atoms with Crippen molar-refractivity contribution in [1.29, 1.82) is 0 Å². The minimum atomic E-state index is -0.258. The summed E-state index contributed by atoms with van der Waals surface area (Å²) < 4.78 is 1.98. The van der Waals surface area contributed by atoms with Crippen molar-refractivity contribution in [3.63, 3.8) is 0 Å². The van der Waals surface area contributed by atoms with E-state index in [1.54, 1.807) is 6.20 Å². The number of rotatable bonds is 7. The smallest absolute Gasteiger partial charge is 0.228 e. The van der Waals surface area contributed by atoms with Crippen molar-refractivity contribution in [2.24, 2.45) is 17.6 Å². The van der Waals surface area contributed by atoms with Gasteiger partial charge in [0.2, 0.25) is 11.8 Å². The van der Waals surface area contributed by atoms with Crippen LogP contribution >= 0.6 is 0 Å². The number of nitrogens with one attached hydrogen (secondary N) is 1. The number of amides is 2. The first-order chi connectivity index (χ1) is 14.2. The van der Waals surface area contributed by atoms with Gasteiger partial charge in [0.05, 0.1) is 29.9 Å². The molecule has 0 spiro atoms. The second-order valence-corrected chi connectivity index (χ2v) is 8.54. The minimum Gasteiger partial charge on any atom is -0.369 e. The van der Waals surface area contributed by atoms with Crippen molar-refractivity contribution in [3.8, 4) is 0 Å². The van der Waals surface area contributed by atoms with E-state index in [1.165, 1.54) is 0 Å². The third-order valence-corrected chi connectivity index (χ3v) is 5.59. The molecule has 2 amide bonds. The van der Waals surface area contributed by atoms with Gasteiger partial charge in [0.1, 0.15) is 5.82 Å². The number of piperidine rings is 1. The number of aromatic nitrogens is 3. The molecule has 8 heteroatoms. The van der Waals surface area contributed by atoms with Crippen molar-refractivity contribution in [1.82, 2.24) is 14.8 Å². The third-order valence-electron chi connectivity index (χ3n) is 5.59. The van der Waals surface area contributed by atoms with E-state index < -0.39 is 0 Å². The highest BCUT2D eigenvalue weighted by Gasteiger charge is 2.24. The summed E-state index contributed by atoms with van der Waals surface area (Å²) in [6, 6.07) is 3.71. The van der Waals surface area contributed by atoms with Gasteiger partial charge in [0.15, 0.2) is 0 Å². The van der Waals surface area contributed by atoms with E-state index in [0.29, 0.717) is 18.2 Å². The maximum absolute atomic E-state index is 12.6. The van der Waals surface area contributed by atoms with E-state index in [0.717, 1.165) is 48.7 Å². The van der Waals surface area contributed by atoms with Gasteiger partial charge in [-0.15, -0.1) is 0 Å². The molecular formula is C22H32N6O2. The van der Waals surface area contributed by atoms with E-state index in [2.05, 4.69) is 34.1 Å². The highest BCUT2D eigenvalue weighted by molar-refractivity contribution is 5.92. The van der Waals surface area contributed by atoms with Crippen LogP contribution in [0.5, 0.6) is 0 Å². The van der Waals surface area contributed by atoms with Crippen LogP contribution in [0.3, 0.4) is 0 Å². The molecular weight excluding hydrogens is 380 g/mol. The molecule has 1 fully saturated rings. The lowest BCUT2D eigenvalue weighted by atomic mass is 9.97. The number of pyridine rings is 1. The molecule has 1 saturated heterocycles. The predicted molar refractivity (Wildman–Crippen MR) is 117 cm³/mol. The number of nitrogens with two attached hydrogens (primary N) is 1. The van der Waals surface area contributed by atoms with Gasteiger partial charge < -0.3 is 16.0 Å². The number of hydrogen-bond donors (Lipinski definition) is 2. The van der Waals surface area contributed by atoms with Gasteiger partial charge in [-0.05, 0) is 44.7 Å². The number of carbonyl (C=O) groups excluding carboxylic acids is 2. The Morgan fingerprint density at radius 3 is 2.70 bits per heavy atom. The quantitative estimate of drug-likeness (QED) is 0.726. The molecule has 1 aliphatic rings. The molecule has 30 heavy (non-hydrogen) atoms. The standard InChI is InChI=1S/C22H32N6O2/c1-14(2)12-28-16(4)19(15(3)26-28)10-21(29)25-18-7-8-20(24-11-18)27-9-5-6-17(13-27)22(23)30/h7-8,11,14,17H,5-6,9-10,12-13H2,1-4H3,(H2,23,30)(H,25,29). The Kier molecular flexibility index (Phi) is 6.74. The van der Waals surface area contributed by atoms with Crippen molar-refractivity contribution >= 4 is 23.3 Å². The summed E-state index contributed by atoms with van der Waals surface area (Å²) in [7, 11) is 0. The van der Waals surface area contributed by atoms with Crippen LogP contribution in [-0.2, 0) is 22.6 Å². The molecule has 0 aliphatic carbocycles. The Hall–Kier alpha value is -2.90. The van der Waals surface area contributed by atoms with E-state index in [4.69, 9.17) is 5.73 Å². The minimum absolute atomic E-state index is 0.0911. The molecule has 3 rings (SSSR count). The Balaban J connectivity index is 1.61. The van der Waals surface area contributed by atoms with Gasteiger partial charge in [-0.25, -0.2) is 4.98 Å². The zero-order valence-electron chi connectivity index (χ0n) is 18.3. The zero-order valence-corrected chi connectivity index (χ0v) is 18.3. The van der Waals surface area contributed by atoms with Gasteiger partial charge in [0, 0.05) is 30.9 Å². The Bertz CT molecular complexity index is 903. The average molecular weight is 413 g/mol. The molecule has 2 aromatic heterocycles. The van der Waals surface area contributed by atoms with E-state index in [-0.39, 0.29) is 24.2 Å². The fourth-order valence-electron chi connectivity index (χ4n) is 3.94. The lowest BCUT2D eigenvalue weighted by molar-refractivity contribution is -0.122. The fraction of sp³-hybridized carbons (Fsp3) is 0.545. The summed E-state index contributed by atoms with van der Waals surface area (Å²) >= 11 is 0. The zero-order chi connectivity index (χ0) is 21.8. The largest absolute Gasteiger partial charge is 0.369 e. The molecule has 3 N–H and O–H groups in total. The van der Waals surface area contributed by atoms with Crippen LogP contribution in [0.1, 0.15) is 43.6 Å². The van der Waals surface area contributed by atoms with E-state index >= 15 is 0 Å². The molecule has 8 nitrogen and oxygen atoms in total. The number of primary amides is 1. The van der Waals surface area contributed by atoms with Crippen LogP contribution in [0.4, 0.5) is 11.5 Å². The second kappa shape index (κ2) is 9.28. The summed E-state index contributed by atoms with van der Waals surface area (Å²) in [5.74, 6) is 0.800. The maximum Gasteiger partial charge on any atom is 0.228 e. The highest BCUT2D eigenvalue weighted by Crippen LogP contribution is 2.23. The van der Waals surface area contributed by atoms with Crippen LogP contribution in [-0.4, -0.2) is 39.7 Å². The predicted octanol–water partition coefficient (Wildman–Crippen LogP) is 2.43. The average Bonchev–Trinajstić information content (AvgIpc) is 2.95. The van der Waals surface area contributed by atoms with Crippen molar-refractivity contribution in [2.75, 3.05) is 23.3 Å². The number of nitrogens with zero attached hydrogens (tertiary/aromatic N) is 4. The molecule has 0 saturated carbocycles.